The molecule has 1 aromatic heterocycles. The van der Waals surface area contributed by atoms with Crippen LogP contribution in [-0.4, -0.2) is 50.8 Å². The van der Waals surface area contributed by atoms with Gasteiger partial charge >= 0.3 is 19.4 Å². The number of alkyl halides is 1. The average Bonchev–Trinajstić information content (AvgIpc) is 3.21. The molecule has 4 N–H and O–H groups in total. The summed E-state index contributed by atoms with van der Waals surface area (Å²) in [5, 5.41) is 10.8. The summed E-state index contributed by atoms with van der Waals surface area (Å²) < 4.78 is 59.4. The van der Waals surface area contributed by atoms with E-state index in [4.69, 9.17) is 19.5 Å². The highest BCUT2D eigenvalue weighted by Gasteiger charge is 2.46. The largest absolute Gasteiger partial charge is 0.460 e. The Labute approximate surface area is 232 Å². The zero-order valence-corrected chi connectivity index (χ0v) is 22.8. The predicted octanol–water partition coefficient (Wildman–Crippen LogP) is 3.20. The van der Waals surface area contributed by atoms with Gasteiger partial charge in [-0.25, -0.2) is 18.1 Å². The van der Waals surface area contributed by atoms with Gasteiger partial charge in [0.05, 0.1) is 11.9 Å². The van der Waals surface area contributed by atoms with E-state index in [9.17, 15) is 28.0 Å². The van der Waals surface area contributed by atoms with Gasteiger partial charge in [-0.05, 0) is 42.8 Å². The molecule has 0 radical (unpaired) electrons. The number of esters is 1. The van der Waals surface area contributed by atoms with Crippen molar-refractivity contribution in [2.45, 2.75) is 42.5 Å². The minimum atomic E-state index is -4.39. The second kappa shape index (κ2) is 12.9. The minimum absolute atomic E-state index is 0.0286. The Balaban J connectivity index is 1.46. The number of ether oxygens (including phenoxy) is 1. The van der Waals surface area contributed by atoms with E-state index in [1.54, 1.807) is 24.3 Å². The van der Waals surface area contributed by atoms with Crippen molar-refractivity contribution in [2.24, 2.45) is 0 Å². The fourth-order valence-electron chi connectivity index (χ4n) is 3.72. The summed E-state index contributed by atoms with van der Waals surface area (Å²) in [5.74, 6) is -1.40. The van der Waals surface area contributed by atoms with Crippen LogP contribution in [0.4, 0.5) is 14.6 Å². The summed E-state index contributed by atoms with van der Waals surface area (Å²) in [4.78, 5) is 28.4. The third-order valence-electron chi connectivity index (χ3n) is 5.80. The number of hydrogen-bond donors (Lipinski definition) is 3. The van der Waals surface area contributed by atoms with Crippen molar-refractivity contribution in [3.8, 4) is 5.75 Å². The van der Waals surface area contributed by atoms with Crippen LogP contribution in [0.1, 0.15) is 17.9 Å². The van der Waals surface area contributed by atoms with Crippen molar-refractivity contribution in [3.05, 3.63) is 88.7 Å². The lowest BCUT2D eigenvalue weighted by Crippen LogP contribution is -2.36. The van der Waals surface area contributed by atoms with E-state index in [1.165, 1.54) is 31.3 Å². The molecule has 2 heterocycles. The van der Waals surface area contributed by atoms with Gasteiger partial charge in [-0.3, -0.25) is 13.9 Å². The molecule has 40 heavy (non-hydrogen) atoms. The summed E-state index contributed by atoms with van der Waals surface area (Å²) in [5.41, 5.74) is 5.43. The number of thioether (sulfide) groups is 1. The van der Waals surface area contributed by atoms with Gasteiger partial charge in [0.1, 0.15) is 41.5 Å². The molecule has 214 valence electrons. The maximum absolute atomic E-state index is 15.0. The van der Waals surface area contributed by atoms with E-state index in [2.05, 4.69) is 10.1 Å². The Bertz CT molecular complexity index is 1420. The molecule has 1 aliphatic rings. The first-order valence-corrected chi connectivity index (χ1v) is 14.5. The molecule has 0 amide bonds. The van der Waals surface area contributed by atoms with Crippen molar-refractivity contribution in [1.82, 2.24) is 14.6 Å². The molecule has 11 nitrogen and oxygen atoms in total. The number of benzene rings is 2. The Kier molecular flexibility index (Phi) is 9.59. The Morgan fingerprint density at radius 3 is 2.60 bits per heavy atom. The molecule has 6 atom stereocenters. The van der Waals surface area contributed by atoms with Crippen LogP contribution in [-0.2, 0) is 25.2 Å². The van der Waals surface area contributed by atoms with E-state index in [1.807, 2.05) is 6.07 Å². The van der Waals surface area contributed by atoms with E-state index >= 15 is 0 Å². The second-order valence-electron chi connectivity index (χ2n) is 8.82. The van der Waals surface area contributed by atoms with Gasteiger partial charge < -0.3 is 20.1 Å². The maximum atomic E-state index is 15.0. The Morgan fingerprint density at radius 1 is 1.23 bits per heavy atom. The number of aromatic nitrogens is 2. The molecule has 3 aromatic rings. The molecule has 1 saturated heterocycles. The fraction of sp³-hybridized carbons (Fsp3) is 0.320. The lowest BCUT2D eigenvalue weighted by atomic mass is 10.1. The van der Waals surface area contributed by atoms with Gasteiger partial charge in [0.15, 0.2) is 6.17 Å². The van der Waals surface area contributed by atoms with Gasteiger partial charge in [-0.1, -0.05) is 30.3 Å². The van der Waals surface area contributed by atoms with Crippen LogP contribution in [0.2, 0.25) is 0 Å². The van der Waals surface area contributed by atoms with Crippen LogP contribution < -0.4 is 21.0 Å². The number of aliphatic hydroxyl groups is 1. The van der Waals surface area contributed by atoms with Gasteiger partial charge in [0.25, 0.3) is 0 Å². The molecule has 15 heteroatoms. The number of carbonyl (C=O) groups is 1. The summed E-state index contributed by atoms with van der Waals surface area (Å²) in [6.45, 7) is 0.848. The minimum Gasteiger partial charge on any atom is -0.460 e. The van der Waals surface area contributed by atoms with E-state index in [-0.39, 0.29) is 18.2 Å². The first-order chi connectivity index (χ1) is 19.0. The normalized spacial score (nSPS) is 22.8. The number of carbonyl (C=O) groups excluding carboxylic acids is 1. The first-order valence-electron chi connectivity index (χ1n) is 12.0. The monoisotopic (exact) mass is 596 g/mol. The van der Waals surface area contributed by atoms with Crippen LogP contribution in [0, 0.1) is 5.82 Å². The Morgan fingerprint density at radius 2 is 1.93 bits per heavy atom. The highest BCUT2D eigenvalue weighted by atomic mass is 32.2. The van der Waals surface area contributed by atoms with E-state index in [0.717, 1.165) is 34.0 Å². The number of aliphatic hydroxyl groups excluding tert-OH is 1. The first kappa shape index (κ1) is 29.7. The number of rotatable bonds is 11. The molecule has 1 aliphatic heterocycles. The summed E-state index contributed by atoms with van der Waals surface area (Å²) >= 11 is 0.866. The zero-order chi connectivity index (χ0) is 28.9. The molecule has 1 unspecified atom stereocenters. The molecular formula is C25H27F2N4O7PS. The summed E-state index contributed by atoms with van der Waals surface area (Å²) in [6.07, 6.45) is -2.23. The highest BCUT2D eigenvalue weighted by molar-refractivity contribution is 8.00. The smallest absolute Gasteiger partial charge is 0.459 e. The predicted molar refractivity (Wildman–Crippen MR) is 144 cm³/mol. The van der Waals surface area contributed by atoms with E-state index < -0.39 is 60.8 Å². The third-order valence-corrected chi connectivity index (χ3v) is 8.97. The SMILES string of the molecule is C[C@H](NP(=O)(OC[C@H]1S[C@@H](n2ccc(N)nc2=O)[C@@H](F)[C@@H]1O)Oc1ccc(F)cc1)C(=O)OCc1ccccc1. The van der Waals surface area contributed by atoms with Crippen LogP contribution in [0.5, 0.6) is 5.75 Å². The number of nitrogens with zero attached hydrogens (tertiary/aromatic N) is 2. The van der Waals surface area contributed by atoms with Gasteiger partial charge in [0, 0.05) is 6.20 Å². The molecular weight excluding hydrogens is 569 g/mol. The van der Waals surface area contributed by atoms with Crippen LogP contribution >= 0.6 is 19.5 Å². The van der Waals surface area contributed by atoms with Crippen molar-refractivity contribution in [3.63, 3.8) is 0 Å². The highest BCUT2D eigenvalue weighted by Crippen LogP contribution is 2.49. The molecule has 0 saturated carbocycles. The van der Waals surface area contributed by atoms with Crippen molar-refractivity contribution < 1.29 is 37.0 Å². The molecule has 1 fully saturated rings. The average molecular weight is 597 g/mol. The molecule has 0 bridgehead atoms. The number of nitrogens with one attached hydrogen (secondary N) is 1. The third kappa shape index (κ3) is 7.46. The van der Waals surface area contributed by atoms with Gasteiger partial charge in [0.2, 0.25) is 0 Å². The molecule has 0 spiro atoms. The molecule has 0 aliphatic carbocycles. The van der Waals surface area contributed by atoms with Gasteiger partial charge in [-0.2, -0.15) is 10.1 Å². The quantitative estimate of drug-likeness (QED) is 0.221. The lowest BCUT2D eigenvalue weighted by Gasteiger charge is -2.24. The van der Waals surface area contributed by atoms with Crippen molar-refractivity contribution in [2.75, 3.05) is 12.3 Å². The Hall–Kier alpha value is -3.29. The molecule has 4 rings (SSSR count). The zero-order valence-electron chi connectivity index (χ0n) is 21.1. The van der Waals surface area contributed by atoms with Crippen LogP contribution in [0.3, 0.4) is 0 Å². The standard InChI is InChI=1S/C25H27F2N4O7PS/c1-15(24(33)36-13-16-5-3-2-4-6-16)30-39(35,38-18-9-7-17(26)8-10-18)37-14-19-22(32)21(27)23(40-19)31-12-11-20(28)29-25(31)34/h2-12,15,19,21-23,32H,13-14H2,1H3,(H,30,35)(H2,28,29,34)/t15-,19+,21-,22+,23+,39?/m0/s1. The van der Waals surface area contributed by atoms with Crippen LogP contribution in [0.25, 0.3) is 0 Å². The second-order valence-corrected chi connectivity index (χ2v) is 11.9. The fourth-order valence-corrected chi connectivity index (χ4v) is 6.76. The summed E-state index contributed by atoms with van der Waals surface area (Å²) in [7, 11) is -4.39. The molecule has 2 aromatic carbocycles. The number of halogens is 2. The van der Waals surface area contributed by atoms with Crippen molar-refractivity contribution in [1.29, 1.82) is 0 Å². The number of anilines is 1. The topological polar surface area (TPSA) is 155 Å². The van der Waals surface area contributed by atoms with Gasteiger partial charge in [-0.15, -0.1) is 11.8 Å². The summed E-state index contributed by atoms with van der Waals surface area (Å²) in [6, 6.07) is 13.6. The lowest BCUT2D eigenvalue weighted by molar-refractivity contribution is -0.146. The number of nitrogen functional groups attached to an aromatic ring is 1. The van der Waals surface area contributed by atoms with E-state index in [0.29, 0.717) is 0 Å². The van der Waals surface area contributed by atoms with Crippen LogP contribution in [0.15, 0.2) is 71.7 Å². The number of nitrogens with two attached hydrogens (primary N) is 1. The van der Waals surface area contributed by atoms with Crippen molar-refractivity contribution >= 4 is 31.3 Å². The maximum Gasteiger partial charge on any atom is 0.459 e. The number of hydrogen-bond acceptors (Lipinski definition) is 10.